The molecule has 0 aliphatic rings. The monoisotopic (exact) mass is 478 g/mol. The van der Waals surface area contributed by atoms with Crippen molar-refractivity contribution in [1.82, 2.24) is 38.4 Å². The fourth-order valence-electron chi connectivity index (χ4n) is 3.78. The Kier molecular flexibility index (Phi) is 5.88. The lowest BCUT2D eigenvalue weighted by molar-refractivity contribution is 0.485. The molecule has 0 aliphatic carbocycles. The van der Waals surface area contributed by atoms with E-state index in [4.69, 9.17) is 4.42 Å². The topological polar surface area (TPSA) is 119 Å². The highest BCUT2D eigenvalue weighted by molar-refractivity contribution is 7.99. The first-order valence-electron chi connectivity index (χ1n) is 10.6. The van der Waals surface area contributed by atoms with E-state index in [9.17, 15) is 9.59 Å². The number of hydrogen-bond donors (Lipinski definition) is 0. The Morgan fingerprint density at radius 1 is 1.09 bits per heavy atom. The van der Waals surface area contributed by atoms with Crippen molar-refractivity contribution in [3.05, 3.63) is 75.8 Å². The number of hydrogen-bond acceptors (Lipinski definition) is 8. The van der Waals surface area contributed by atoms with Crippen LogP contribution < -0.4 is 11.2 Å². The van der Waals surface area contributed by atoms with Gasteiger partial charge in [0.25, 0.3) is 5.56 Å². The molecule has 0 aliphatic heterocycles. The van der Waals surface area contributed by atoms with Crippen LogP contribution in [0.2, 0.25) is 0 Å². The van der Waals surface area contributed by atoms with Gasteiger partial charge in [0, 0.05) is 44.4 Å². The van der Waals surface area contributed by atoms with E-state index in [-0.39, 0.29) is 11.2 Å². The van der Waals surface area contributed by atoms with Crippen molar-refractivity contribution in [3.8, 4) is 11.4 Å². The highest BCUT2D eigenvalue weighted by Crippen LogP contribution is 2.25. The maximum absolute atomic E-state index is 12.9. The Morgan fingerprint density at radius 3 is 2.74 bits per heavy atom. The molecule has 12 heteroatoms. The zero-order chi connectivity index (χ0) is 23.7. The van der Waals surface area contributed by atoms with Gasteiger partial charge in [-0.25, -0.2) is 9.78 Å². The van der Waals surface area contributed by atoms with E-state index < -0.39 is 0 Å². The normalized spacial score (nSPS) is 11.5. The predicted molar refractivity (Wildman–Crippen MR) is 127 cm³/mol. The number of furan rings is 1. The van der Waals surface area contributed by atoms with Crippen molar-refractivity contribution >= 4 is 22.9 Å². The van der Waals surface area contributed by atoms with Crippen molar-refractivity contribution < 1.29 is 4.42 Å². The summed E-state index contributed by atoms with van der Waals surface area (Å²) >= 11 is 1.51. The average molecular weight is 479 g/mol. The van der Waals surface area contributed by atoms with Gasteiger partial charge in [-0.15, -0.1) is 10.2 Å². The van der Waals surface area contributed by atoms with Gasteiger partial charge in [-0.2, -0.15) is 0 Å². The minimum Gasteiger partial charge on any atom is -0.467 e. The largest absolute Gasteiger partial charge is 0.467 e. The van der Waals surface area contributed by atoms with Gasteiger partial charge in [0.15, 0.2) is 22.1 Å². The van der Waals surface area contributed by atoms with Gasteiger partial charge in [0.2, 0.25) is 0 Å². The number of aryl methyl sites for hydroxylation is 2. The van der Waals surface area contributed by atoms with Crippen molar-refractivity contribution in [2.24, 2.45) is 14.1 Å². The van der Waals surface area contributed by atoms with Gasteiger partial charge in [-0.3, -0.25) is 23.5 Å². The second-order valence-corrected chi connectivity index (χ2v) is 8.80. The van der Waals surface area contributed by atoms with Gasteiger partial charge < -0.3 is 8.98 Å². The summed E-state index contributed by atoms with van der Waals surface area (Å²) in [7, 11) is 3.37. The Balaban J connectivity index is 1.35. The lowest BCUT2D eigenvalue weighted by Crippen LogP contribution is -2.39. The van der Waals surface area contributed by atoms with Crippen LogP contribution in [-0.2, 0) is 27.2 Å². The average Bonchev–Trinajstić information content (AvgIpc) is 3.59. The second-order valence-electron chi connectivity index (χ2n) is 7.74. The SMILES string of the molecule is Cn1cnc2c1c(=O)n(CCCSc1nnc(-c3cccnc3)n1Cc1ccco1)c(=O)n2C. The molecule has 5 rings (SSSR count). The Bertz CT molecular complexity index is 1550. The van der Waals surface area contributed by atoms with Crippen LogP contribution in [0.1, 0.15) is 12.2 Å². The quantitative estimate of drug-likeness (QED) is 0.245. The molecule has 5 aromatic heterocycles. The van der Waals surface area contributed by atoms with Gasteiger partial charge in [-0.1, -0.05) is 11.8 Å². The van der Waals surface area contributed by atoms with E-state index in [1.807, 2.05) is 28.8 Å². The van der Waals surface area contributed by atoms with Crippen molar-refractivity contribution in [2.75, 3.05) is 5.75 Å². The van der Waals surface area contributed by atoms with E-state index in [1.165, 1.54) is 27.2 Å². The number of fused-ring (bicyclic) bond motifs is 1. The smallest absolute Gasteiger partial charge is 0.332 e. The zero-order valence-electron chi connectivity index (χ0n) is 18.7. The molecule has 0 unspecified atom stereocenters. The summed E-state index contributed by atoms with van der Waals surface area (Å²) in [6, 6.07) is 7.53. The van der Waals surface area contributed by atoms with E-state index in [2.05, 4.69) is 20.2 Å². The molecule has 0 spiro atoms. The third-order valence-electron chi connectivity index (χ3n) is 5.49. The van der Waals surface area contributed by atoms with Crippen LogP contribution in [0.3, 0.4) is 0 Å². The van der Waals surface area contributed by atoms with Gasteiger partial charge in [0.1, 0.15) is 5.76 Å². The fourth-order valence-corrected chi connectivity index (χ4v) is 4.65. The van der Waals surface area contributed by atoms with Crippen LogP contribution in [0.5, 0.6) is 0 Å². The molecule has 5 heterocycles. The van der Waals surface area contributed by atoms with Crippen LogP contribution in [0.15, 0.2) is 68.4 Å². The third kappa shape index (κ3) is 3.96. The van der Waals surface area contributed by atoms with E-state index >= 15 is 0 Å². The predicted octanol–water partition coefficient (Wildman–Crippen LogP) is 1.91. The highest BCUT2D eigenvalue weighted by Gasteiger charge is 2.17. The van der Waals surface area contributed by atoms with E-state index in [0.717, 1.165) is 16.5 Å². The molecule has 0 N–H and O–H groups in total. The Hall–Kier alpha value is -3.93. The summed E-state index contributed by atoms with van der Waals surface area (Å²) in [4.78, 5) is 33.9. The Morgan fingerprint density at radius 2 is 1.97 bits per heavy atom. The zero-order valence-corrected chi connectivity index (χ0v) is 19.5. The van der Waals surface area contributed by atoms with Crippen LogP contribution in [0.4, 0.5) is 0 Å². The molecule has 0 amide bonds. The molecule has 0 fully saturated rings. The first kappa shape index (κ1) is 21.9. The molecule has 34 heavy (non-hydrogen) atoms. The van der Waals surface area contributed by atoms with Crippen molar-refractivity contribution in [3.63, 3.8) is 0 Å². The lowest BCUT2D eigenvalue weighted by Gasteiger charge is -2.10. The standard InChI is InChI=1S/C22H22N8O3S/c1-27-14-24-19-17(27)20(31)29(22(32)28(19)2)9-5-11-34-21-26-25-18(15-6-3-8-23-12-15)30(21)13-16-7-4-10-33-16/h3-4,6-8,10,12,14H,5,9,11,13H2,1-2H3. The maximum Gasteiger partial charge on any atom is 0.332 e. The van der Waals surface area contributed by atoms with Crippen LogP contribution >= 0.6 is 11.8 Å². The molecule has 5 aromatic rings. The number of nitrogens with zero attached hydrogens (tertiary/aromatic N) is 8. The minimum absolute atomic E-state index is 0.293. The summed E-state index contributed by atoms with van der Waals surface area (Å²) in [5.41, 5.74) is 0.947. The molecular formula is C22H22N8O3S. The third-order valence-corrected chi connectivity index (χ3v) is 6.54. The van der Waals surface area contributed by atoms with Crippen molar-refractivity contribution in [1.29, 1.82) is 0 Å². The summed E-state index contributed by atoms with van der Waals surface area (Å²) in [6.45, 7) is 0.769. The number of aromatic nitrogens is 8. The molecule has 174 valence electrons. The van der Waals surface area contributed by atoms with Crippen LogP contribution in [-0.4, -0.2) is 44.2 Å². The molecule has 0 radical (unpaired) electrons. The van der Waals surface area contributed by atoms with Crippen molar-refractivity contribution in [2.45, 2.75) is 24.7 Å². The van der Waals surface area contributed by atoms with E-state index in [1.54, 1.807) is 37.3 Å². The van der Waals surface area contributed by atoms with Gasteiger partial charge in [0.05, 0.1) is 19.1 Å². The van der Waals surface area contributed by atoms with E-state index in [0.29, 0.717) is 42.3 Å². The summed E-state index contributed by atoms with van der Waals surface area (Å²) < 4.78 is 11.8. The summed E-state index contributed by atoms with van der Waals surface area (Å²) in [5, 5.41) is 9.47. The molecule has 11 nitrogen and oxygen atoms in total. The lowest BCUT2D eigenvalue weighted by atomic mass is 10.2. The molecule has 0 saturated heterocycles. The number of pyridine rings is 1. The second kappa shape index (κ2) is 9.14. The van der Waals surface area contributed by atoms with Crippen LogP contribution in [0, 0.1) is 0 Å². The molecule has 0 atom stereocenters. The molecule has 0 aromatic carbocycles. The van der Waals surface area contributed by atoms with Gasteiger partial charge in [-0.05, 0) is 30.7 Å². The number of rotatable bonds is 8. The van der Waals surface area contributed by atoms with Crippen LogP contribution in [0.25, 0.3) is 22.6 Å². The first-order chi connectivity index (χ1) is 16.5. The number of imidazole rings is 1. The first-order valence-corrected chi connectivity index (χ1v) is 11.6. The molecule has 0 bridgehead atoms. The minimum atomic E-state index is -0.374. The van der Waals surface area contributed by atoms with Gasteiger partial charge >= 0.3 is 5.69 Å². The number of thioether (sulfide) groups is 1. The molecular weight excluding hydrogens is 456 g/mol. The molecule has 0 saturated carbocycles. The summed E-state index contributed by atoms with van der Waals surface area (Å²) in [5.74, 6) is 2.12. The maximum atomic E-state index is 12.9. The fraction of sp³-hybridized carbons (Fsp3) is 0.273. The summed E-state index contributed by atoms with van der Waals surface area (Å²) in [6.07, 6.45) is 7.22. The Labute approximate surface area is 197 Å². The highest BCUT2D eigenvalue weighted by atomic mass is 32.2.